The molecule has 2 rings (SSSR count). The lowest BCUT2D eigenvalue weighted by Gasteiger charge is -2.49. The van der Waals surface area contributed by atoms with E-state index in [1.165, 1.54) is 32.1 Å². The molecule has 0 aromatic carbocycles. The van der Waals surface area contributed by atoms with Gasteiger partial charge in [-0.1, -0.05) is 53.2 Å². The van der Waals surface area contributed by atoms with Gasteiger partial charge in [-0.25, -0.2) is 0 Å². The van der Waals surface area contributed by atoms with Crippen molar-refractivity contribution in [3.8, 4) is 0 Å². The van der Waals surface area contributed by atoms with Gasteiger partial charge >= 0.3 is 0 Å². The molecule has 1 N–H and O–H groups in total. The van der Waals surface area contributed by atoms with E-state index < -0.39 is 13.9 Å². The van der Waals surface area contributed by atoms with Crippen LogP contribution < -0.4 is 0 Å². The fraction of sp³-hybridized carbons (Fsp3) is 0.917. The summed E-state index contributed by atoms with van der Waals surface area (Å²) < 4.78 is 6.96. The van der Waals surface area contributed by atoms with E-state index in [0.29, 0.717) is 17.4 Å². The van der Waals surface area contributed by atoms with Gasteiger partial charge in [0.1, 0.15) is 0 Å². The van der Waals surface area contributed by atoms with Gasteiger partial charge in [-0.3, -0.25) is 0 Å². The SMILES string of the molecule is C[C@H](/C=C/CC(C)(C)O)C1CCC2[C@@H](O[Si](C)(C)C(C)(C)C)CCCC12C. The Balaban J connectivity index is 2.11. The summed E-state index contributed by atoms with van der Waals surface area (Å²) in [5.41, 5.74) is -0.199. The third-order valence-electron chi connectivity index (χ3n) is 8.08. The molecular weight excluding hydrogens is 348 g/mol. The highest BCUT2D eigenvalue weighted by Crippen LogP contribution is 2.59. The van der Waals surface area contributed by atoms with E-state index in [9.17, 15) is 5.11 Å². The van der Waals surface area contributed by atoms with Crippen molar-refractivity contribution in [2.45, 2.75) is 117 Å². The van der Waals surface area contributed by atoms with Crippen molar-refractivity contribution < 1.29 is 9.53 Å². The van der Waals surface area contributed by atoms with Gasteiger partial charge in [0.15, 0.2) is 8.32 Å². The molecule has 0 spiro atoms. The van der Waals surface area contributed by atoms with Crippen LogP contribution in [0.4, 0.5) is 0 Å². The molecule has 0 aromatic rings. The van der Waals surface area contributed by atoms with Crippen LogP contribution in [0.2, 0.25) is 18.1 Å². The van der Waals surface area contributed by atoms with Gasteiger partial charge in [0.05, 0.1) is 5.60 Å². The molecule has 3 unspecified atom stereocenters. The van der Waals surface area contributed by atoms with Crippen LogP contribution in [0.3, 0.4) is 0 Å². The van der Waals surface area contributed by atoms with Crippen LogP contribution >= 0.6 is 0 Å². The molecule has 0 bridgehead atoms. The molecule has 27 heavy (non-hydrogen) atoms. The molecule has 0 heterocycles. The predicted octanol–water partition coefficient (Wildman–Crippen LogP) is 6.95. The monoisotopic (exact) mass is 394 g/mol. The lowest BCUT2D eigenvalue weighted by atomic mass is 9.62. The zero-order chi connectivity index (χ0) is 20.7. The molecule has 0 aliphatic heterocycles. The molecule has 2 aliphatic rings. The second-order valence-electron chi connectivity index (χ2n) is 11.9. The van der Waals surface area contributed by atoms with E-state index in [-0.39, 0.29) is 5.04 Å². The number of allylic oxidation sites excluding steroid dienone is 1. The molecule has 5 atom stereocenters. The first-order valence-corrected chi connectivity index (χ1v) is 14.1. The van der Waals surface area contributed by atoms with E-state index in [1.54, 1.807) is 0 Å². The van der Waals surface area contributed by atoms with Gasteiger partial charge in [0.25, 0.3) is 0 Å². The predicted molar refractivity (Wildman–Crippen MR) is 119 cm³/mol. The summed E-state index contributed by atoms with van der Waals surface area (Å²) in [4.78, 5) is 0. The molecule has 0 aromatic heterocycles. The first-order valence-electron chi connectivity index (χ1n) is 11.2. The maximum absolute atomic E-state index is 9.98. The van der Waals surface area contributed by atoms with Crippen LogP contribution in [-0.2, 0) is 4.43 Å². The second-order valence-corrected chi connectivity index (χ2v) is 16.7. The molecule has 2 aliphatic carbocycles. The van der Waals surface area contributed by atoms with Gasteiger partial charge in [-0.2, -0.15) is 0 Å². The molecule has 0 saturated heterocycles. The Labute approximate surface area is 170 Å². The number of hydrogen-bond donors (Lipinski definition) is 1. The van der Waals surface area contributed by atoms with E-state index in [1.807, 2.05) is 13.8 Å². The van der Waals surface area contributed by atoms with Crippen molar-refractivity contribution in [2.24, 2.45) is 23.2 Å². The van der Waals surface area contributed by atoms with E-state index in [4.69, 9.17) is 4.43 Å². The Bertz CT molecular complexity index is 525. The summed E-state index contributed by atoms with van der Waals surface area (Å²) >= 11 is 0. The molecule has 3 heteroatoms. The fourth-order valence-corrected chi connectivity index (χ4v) is 6.82. The Kier molecular flexibility index (Phi) is 6.82. The Morgan fingerprint density at radius 2 is 1.78 bits per heavy atom. The largest absolute Gasteiger partial charge is 0.414 e. The number of fused-ring (bicyclic) bond motifs is 1. The van der Waals surface area contributed by atoms with Gasteiger partial charge in [0.2, 0.25) is 0 Å². The summed E-state index contributed by atoms with van der Waals surface area (Å²) in [6, 6.07) is 0. The normalized spacial score (nSPS) is 34.1. The van der Waals surface area contributed by atoms with Crippen LogP contribution in [0.25, 0.3) is 0 Å². The van der Waals surface area contributed by atoms with E-state index in [0.717, 1.165) is 18.3 Å². The minimum absolute atomic E-state index is 0.284. The molecular formula is C24H46O2Si. The zero-order valence-electron chi connectivity index (χ0n) is 19.6. The van der Waals surface area contributed by atoms with Crippen molar-refractivity contribution in [2.75, 3.05) is 0 Å². The van der Waals surface area contributed by atoms with Crippen molar-refractivity contribution >= 4 is 8.32 Å². The minimum Gasteiger partial charge on any atom is -0.414 e. The quantitative estimate of drug-likeness (QED) is 0.390. The zero-order valence-corrected chi connectivity index (χ0v) is 20.6. The van der Waals surface area contributed by atoms with Crippen molar-refractivity contribution in [1.29, 1.82) is 0 Å². The molecule has 0 radical (unpaired) electrons. The van der Waals surface area contributed by atoms with Gasteiger partial charge in [-0.15, -0.1) is 0 Å². The highest BCUT2D eigenvalue weighted by atomic mass is 28.4. The average molecular weight is 395 g/mol. The highest BCUT2D eigenvalue weighted by molar-refractivity contribution is 6.74. The standard InChI is InChI=1S/C24H46O2Si/c1-18(12-10-16-23(5,6)25)19-14-15-20-21(13-11-17-24(19,20)7)26-27(8,9)22(2,3)4/h10,12,18-21,25H,11,13-17H2,1-9H3/b12-10+/t18-,19?,20?,21+,24?/m1/s1. The Morgan fingerprint density at radius 1 is 1.15 bits per heavy atom. The molecule has 2 saturated carbocycles. The van der Waals surface area contributed by atoms with Crippen molar-refractivity contribution in [3.63, 3.8) is 0 Å². The third kappa shape index (κ3) is 5.28. The van der Waals surface area contributed by atoms with Crippen LogP contribution in [0, 0.1) is 23.2 Å². The van der Waals surface area contributed by atoms with Crippen molar-refractivity contribution in [1.82, 2.24) is 0 Å². The topological polar surface area (TPSA) is 29.5 Å². The Morgan fingerprint density at radius 3 is 2.33 bits per heavy atom. The first kappa shape index (κ1) is 23.2. The lowest BCUT2D eigenvalue weighted by Crippen LogP contribution is -2.50. The smallest absolute Gasteiger partial charge is 0.192 e. The number of aliphatic hydroxyl groups is 1. The molecule has 0 amide bonds. The molecule has 2 nitrogen and oxygen atoms in total. The summed E-state index contributed by atoms with van der Waals surface area (Å²) in [5.74, 6) is 2.04. The third-order valence-corrected chi connectivity index (χ3v) is 12.6. The summed E-state index contributed by atoms with van der Waals surface area (Å²) in [5, 5.41) is 10.3. The number of rotatable bonds is 6. The van der Waals surface area contributed by atoms with E-state index >= 15 is 0 Å². The summed E-state index contributed by atoms with van der Waals surface area (Å²) in [7, 11) is -1.72. The number of hydrogen-bond acceptors (Lipinski definition) is 2. The van der Waals surface area contributed by atoms with Crippen LogP contribution in [-0.4, -0.2) is 25.1 Å². The van der Waals surface area contributed by atoms with Crippen LogP contribution in [0.15, 0.2) is 12.2 Å². The average Bonchev–Trinajstić information content (AvgIpc) is 2.82. The maximum Gasteiger partial charge on any atom is 0.192 e. The van der Waals surface area contributed by atoms with Gasteiger partial charge in [0, 0.05) is 6.10 Å². The first-order chi connectivity index (χ1) is 12.2. The van der Waals surface area contributed by atoms with E-state index in [2.05, 4.69) is 59.9 Å². The highest BCUT2D eigenvalue weighted by Gasteiger charge is 2.54. The summed E-state index contributed by atoms with van der Waals surface area (Å²) in [6.45, 7) is 20.6. The summed E-state index contributed by atoms with van der Waals surface area (Å²) in [6.07, 6.45) is 12.3. The fourth-order valence-electron chi connectivity index (χ4n) is 5.43. The lowest BCUT2D eigenvalue weighted by molar-refractivity contribution is -0.0163. The maximum atomic E-state index is 9.98. The molecule has 2 fully saturated rings. The van der Waals surface area contributed by atoms with Crippen molar-refractivity contribution in [3.05, 3.63) is 12.2 Å². The molecule has 158 valence electrons. The Hall–Kier alpha value is -0.123. The van der Waals surface area contributed by atoms with Crippen LogP contribution in [0.5, 0.6) is 0 Å². The second kappa shape index (κ2) is 7.95. The minimum atomic E-state index is -1.72. The van der Waals surface area contributed by atoms with Crippen LogP contribution in [0.1, 0.15) is 87.0 Å². The van der Waals surface area contributed by atoms with Gasteiger partial charge < -0.3 is 9.53 Å². The van der Waals surface area contributed by atoms with Gasteiger partial charge in [-0.05, 0) is 87.3 Å².